The Labute approximate surface area is 115 Å². The predicted octanol–water partition coefficient (Wildman–Crippen LogP) is 2.51. The first kappa shape index (κ1) is 16.8. The molecule has 0 atom stereocenters. The molecule has 0 bridgehead atoms. The number of hydrogen-bond acceptors (Lipinski definition) is 4. The van der Waals surface area contributed by atoms with Crippen LogP contribution >= 0.6 is 23.7 Å². The molecule has 1 N–H and O–H groups in total. The third-order valence-electron chi connectivity index (χ3n) is 2.44. The molecule has 1 aromatic heterocycles. The van der Waals surface area contributed by atoms with Crippen LogP contribution in [-0.4, -0.2) is 37.1 Å². The Bertz CT molecular complexity index is 320. The Hall–Kier alpha value is -0.160. The molecule has 1 aromatic rings. The van der Waals surface area contributed by atoms with Gasteiger partial charge in [-0.1, -0.05) is 20.8 Å². The number of nitrogens with zero attached hydrogens (tertiary/aromatic N) is 2. The first-order chi connectivity index (χ1) is 7.43. The normalized spacial score (nSPS) is 11.6. The molecule has 0 spiro atoms. The lowest BCUT2D eigenvalue weighted by Crippen LogP contribution is -2.26. The summed E-state index contributed by atoms with van der Waals surface area (Å²) in [7, 11) is 4.12. The summed E-state index contributed by atoms with van der Waals surface area (Å²) in [6.45, 7) is 9.72. The van der Waals surface area contributed by atoms with E-state index in [-0.39, 0.29) is 17.8 Å². The average molecular weight is 278 g/mol. The number of rotatable bonds is 5. The lowest BCUT2D eigenvalue weighted by atomic mass is 9.96. The van der Waals surface area contributed by atoms with Crippen LogP contribution in [0.3, 0.4) is 0 Å². The molecule has 0 aliphatic rings. The topological polar surface area (TPSA) is 28.2 Å². The van der Waals surface area contributed by atoms with Crippen LogP contribution in [0.15, 0.2) is 6.20 Å². The molecule has 0 unspecified atom stereocenters. The molecule has 17 heavy (non-hydrogen) atoms. The van der Waals surface area contributed by atoms with Crippen molar-refractivity contribution in [2.75, 3.05) is 27.2 Å². The minimum atomic E-state index is 0. The fourth-order valence-corrected chi connectivity index (χ4v) is 2.40. The largest absolute Gasteiger partial charge is 0.318 e. The third-order valence-corrected chi connectivity index (χ3v) is 3.85. The van der Waals surface area contributed by atoms with Crippen LogP contribution in [0, 0.1) is 0 Å². The number of thiazole rings is 1. The summed E-state index contributed by atoms with van der Waals surface area (Å²) >= 11 is 1.83. The highest BCUT2D eigenvalue weighted by Crippen LogP contribution is 2.27. The highest BCUT2D eigenvalue weighted by atomic mass is 35.5. The Kier molecular flexibility index (Phi) is 7.24. The monoisotopic (exact) mass is 277 g/mol. The summed E-state index contributed by atoms with van der Waals surface area (Å²) in [5.74, 6) is 0. The van der Waals surface area contributed by atoms with Crippen molar-refractivity contribution in [2.24, 2.45) is 0 Å². The minimum Gasteiger partial charge on any atom is -0.318 e. The summed E-state index contributed by atoms with van der Waals surface area (Å²) in [4.78, 5) is 8.15. The second-order valence-electron chi connectivity index (χ2n) is 5.21. The fourth-order valence-electron chi connectivity index (χ4n) is 1.34. The van der Waals surface area contributed by atoms with Crippen molar-refractivity contribution in [3.8, 4) is 0 Å². The van der Waals surface area contributed by atoms with Crippen LogP contribution in [0.25, 0.3) is 0 Å². The third kappa shape index (κ3) is 5.82. The highest BCUT2D eigenvalue weighted by molar-refractivity contribution is 7.11. The molecule has 5 heteroatoms. The van der Waals surface area contributed by atoms with Gasteiger partial charge in [0, 0.05) is 24.2 Å². The van der Waals surface area contributed by atoms with Crippen molar-refractivity contribution in [2.45, 2.75) is 32.7 Å². The molecule has 0 fully saturated rings. The van der Waals surface area contributed by atoms with Gasteiger partial charge in [0.1, 0.15) is 5.01 Å². The molecule has 100 valence electrons. The highest BCUT2D eigenvalue weighted by Gasteiger charge is 2.17. The minimum absolute atomic E-state index is 0. The van der Waals surface area contributed by atoms with Gasteiger partial charge in [-0.05, 0) is 19.5 Å². The molecule has 1 heterocycles. The van der Waals surface area contributed by atoms with Gasteiger partial charge in [-0.15, -0.1) is 23.7 Å². The van der Waals surface area contributed by atoms with E-state index in [4.69, 9.17) is 0 Å². The number of hydrogen-bond donors (Lipinski definition) is 1. The van der Waals surface area contributed by atoms with Crippen molar-refractivity contribution in [3.63, 3.8) is 0 Å². The molecular formula is C12H24ClN3S. The van der Waals surface area contributed by atoms with Crippen LogP contribution in [0.4, 0.5) is 0 Å². The summed E-state index contributed by atoms with van der Waals surface area (Å²) in [5.41, 5.74) is 0.222. The van der Waals surface area contributed by atoms with E-state index in [9.17, 15) is 0 Å². The average Bonchev–Trinajstić information content (AvgIpc) is 2.62. The Morgan fingerprint density at radius 1 is 1.41 bits per heavy atom. The summed E-state index contributed by atoms with van der Waals surface area (Å²) < 4.78 is 0. The standard InChI is InChI=1S/C12H23N3S.ClH/c1-12(2,3)10-8-14-11(16-10)9-15(5)7-6-13-4;/h8,13H,6-7,9H2,1-5H3;1H. The van der Waals surface area contributed by atoms with E-state index in [2.05, 4.69) is 43.0 Å². The van der Waals surface area contributed by atoms with Crippen molar-refractivity contribution < 1.29 is 0 Å². The van der Waals surface area contributed by atoms with Gasteiger partial charge < -0.3 is 5.32 Å². The molecule has 0 saturated heterocycles. The van der Waals surface area contributed by atoms with Crippen molar-refractivity contribution in [1.29, 1.82) is 0 Å². The maximum absolute atomic E-state index is 4.49. The molecule has 0 aliphatic carbocycles. The zero-order valence-corrected chi connectivity index (χ0v) is 13.0. The SMILES string of the molecule is CNCCN(C)Cc1ncc(C(C)(C)C)s1.Cl. The van der Waals surface area contributed by atoms with Crippen molar-refractivity contribution in [3.05, 3.63) is 16.1 Å². The van der Waals surface area contributed by atoms with Gasteiger partial charge in [0.2, 0.25) is 0 Å². The van der Waals surface area contributed by atoms with Gasteiger partial charge >= 0.3 is 0 Å². The van der Waals surface area contributed by atoms with Gasteiger partial charge in [-0.2, -0.15) is 0 Å². The van der Waals surface area contributed by atoms with E-state index in [1.807, 2.05) is 24.6 Å². The van der Waals surface area contributed by atoms with Gasteiger partial charge in [0.25, 0.3) is 0 Å². The smallest absolute Gasteiger partial charge is 0.107 e. The molecular weight excluding hydrogens is 254 g/mol. The number of aromatic nitrogens is 1. The lowest BCUT2D eigenvalue weighted by molar-refractivity contribution is 0.327. The molecule has 0 amide bonds. The molecule has 3 nitrogen and oxygen atoms in total. The first-order valence-electron chi connectivity index (χ1n) is 5.72. The molecule has 1 rings (SSSR count). The summed E-state index contributed by atoms with van der Waals surface area (Å²) in [6, 6.07) is 0. The lowest BCUT2D eigenvalue weighted by Gasteiger charge is -2.15. The van der Waals surface area contributed by atoms with Crippen molar-refractivity contribution >= 4 is 23.7 Å². The van der Waals surface area contributed by atoms with E-state index in [0.29, 0.717) is 0 Å². The zero-order valence-electron chi connectivity index (χ0n) is 11.4. The van der Waals surface area contributed by atoms with E-state index >= 15 is 0 Å². The second-order valence-corrected chi connectivity index (χ2v) is 6.32. The van der Waals surface area contributed by atoms with E-state index < -0.39 is 0 Å². The Morgan fingerprint density at radius 2 is 2.06 bits per heavy atom. The van der Waals surface area contributed by atoms with Gasteiger partial charge in [-0.25, -0.2) is 4.98 Å². The second kappa shape index (κ2) is 7.31. The Morgan fingerprint density at radius 3 is 2.53 bits per heavy atom. The van der Waals surface area contributed by atoms with E-state index in [0.717, 1.165) is 19.6 Å². The van der Waals surface area contributed by atoms with Gasteiger partial charge in [-0.3, -0.25) is 4.90 Å². The molecule has 0 radical (unpaired) electrons. The number of likely N-dealkylation sites (N-methyl/N-ethyl adjacent to an activating group) is 2. The van der Waals surface area contributed by atoms with Gasteiger partial charge in [0.05, 0.1) is 6.54 Å². The van der Waals surface area contributed by atoms with Gasteiger partial charge in [0.15, 0.2) is 0 Å². The maximum atomic E-state index is 4.49. The van der Waals surface area contributed by atoms with Crippen LogP contribution < -0.4 is 5.32 Å². The maximum Gasteiger partial charge on any atom is 0.107 e. The van der Waals surface area contributed by atoms with Crippen LogP contribution in [0.2, 0.25) is 0 Å². The molecule has 0 aromatic carbocycles. The van der Waals surface area contributed by atoms with E-state index in [1.165, 1.54) is 9.88 Å². The van der Waals surface area contributed by atoms with Crippen molar-refractivity contribution in [1.82, 2.24) is 15.2 Å². The number of nitrogens with one attached hydrogen (secondary N) is 1. The summed E-state index contributed by atoms with van der Waals surface area (Å²) in [6.07, 6.45) is 2.02. The van der Waals surface area contributed by atoms with Crippen LogP contribution in [-0.2, 0) is 12.0 Å². The first-order valence-corrected chi connectivity index (χ1v) is 6.53. The molecule has 0 saturated carbocycles. The quantitative estimate of drug-likeness (QED) is 0.896. The molecule has 0 aliphatic heterocycles. The fraction of sp³-hybridized carbons (Fsp3) is 0.750. The predicted molar refractivity (Wildman–Crippen MR) is 78.3 cm³/mol. The van der Waals surface area contributed by atoms with Crippen LogP contribution in [0.5, 0.6) is 0 Å². The van der Waals surface area contributed by atoms with E-state index in [1.54, 1.807) is 0 Å². The summed E-state index contributed by atoms with van der Waals surface area (Å²) in [5, 5.41) is 4.37. The van der Waals surface area contributed by atoms with Crippen LogP contribution in [0.1, 0.15) is 30.7 Å². The Balaban J connectivity index is 0.00000256. The number of halogens is 1. The zero-order chi connectivity index (χ0) is 12.2.